The maximum absolute atomic E-state index is 13.2. The van der Waals surface area contributed by atoms with Gasteiger partial charge in [0, 0.05) is 68.1 Å². The number of benzene rings is 2. The Kier molecular flexibility index (Phi) is 9.34. The Morgan fingerprint density at radius 1 is 1.05 bits per heavy atom. The number of rotatable bonds is 9. The number of alkyl halides is 3. The molecule has 41 heavy (non-hydrogen) atoms. The van der Waals surface area contributed by atoms with Gasteiger partial charge in [-0.05, 0) is 55.2 Å². The second-order valence-corrected chi connectivity index (χ2v) is 11.1. The number of hydrogen-bond donors (Lipinski definition) is 1. The zero-order valence-corrected chi connectivity index (χ0v) is 23.8. The highest BCUT2D eigenvalue weighted by Gasteiger charge is 2.31. The topological polar surface area (TPSA) is 70.6 Å². The van der Waals surface area contributed by atoms with Crippen molar-refractivity contribution in [2.24, 2.45) is 0 Å². The molecule has 1 aromatic heterocycles. The molecule has 3 heterocycles. The molecule has 2 fully saturated rings. The van der Waals surface area contributed by atoms with Crippen molar-refractivity contribution in [2.75, 3.05) is 49.1 Å². The van der Waals surface area contributed by atoms with Crippen LogP contribution in [-0.4, -0.2) is 61.3 Å². The third-order valence-electron chi connectivity index (χ3n) is 7.35. The summed E-state index contributed by atoms with van der Waals surface area (Å²) in [6.45, 7) is 5.84. The van der Waals surface area contributed by atoms with E-state index in [9.17, 15) is 18.0 Å². The highest BCUT2D eigenvalue weighted by Crippen LogP contribution is 2.32. The van der Waals surface area contributed by atoms with Gasteiger partial charge in [0.15, 0.2) is 5.16 Å². The van der Waals surface area contributed by atoms with Crippen molar-refractivity contribution in [3.05, 3.63) is 77.0 Å². The third kappa shape index (κ3) is 7.71. The molecule has 0 spiro atoms. The van der Waals surface area contributed by atoms with Crippen molar-refractivity contribution in [2.45, 2.75) is 49.4 Å². The fourth-order valence-electron chi connectivity index (χ4n) is 4.95. The molecule has 0 saturated carbocycles. The highest BCUT2D eigenvalue weighted by atomic mass is 32.2. The molecule has 2 aromatic carbocycles. The summed E-state index contributed by atoms with van der Waals surface area (Å²) >= 11 is 1.54. The Morgan fingerprint density at radius 2 is 1.80 bits per heavy atom. The molecule has 5 rings (SSSR count). The Balaban J connectivity index is 1.17. The Hall–Kier alpha value is -3.31. The summed E-state index contributed by atoms with van der Waals surface area (Å²) in [7, 11) is 0. The fourth-order valence-corrected chi connectivity index (χ4v) is 5.78. The first-order chi connectivity index (χ1) is 19.8. The number of hydrogen-bond acceptors (Lipinski definition) is 7. The van der Waals surface area contributed by atoms with Crippen LogP contribution in [-0.2, 0) is 23.1 Å². The summed E-state index contributed by atoms with van der Waals surface area (Å²) in [5.41, 5.74) is 2.57. The molecular weight excluding hydrogens is 551 g/mol. The van der Waals surface area contributed by atoms with Gasteiger partial charge in [-0.3, -0.25) is 4.79 Å². The lowest BCUT2D eigenvalue weighted by Gasteiger charge is -2.37. The van der Waals surface area contributed by atoms with Crippen LogP contribution in [0.3, 0.4) is 0 Å². The molecule has 1 amide bonds. The molecule has 1 atom stereocenters. The zero-order valence-electron chi connectivity index (χ0n) is 23.0. The van der Waals surface area contributed by atoms with E-state index in [1.54, 1.807) is 17.8 Å². The molecule has 7 nitrogen and oxygen atoms in total. The Morgan fingerprint density at radius 3 is 2.49 bits per heavy atom. The van der Waals surface area contributed by atoms with Crippen molar-refractivity contribution in [3.63, 3.8) is 0 Å². The van der Waals surface area contributed by atoms with Gasteiger partial charge in [0.25, 0.3) is 5.91 Å². The van der Waals surface area contributed by atoms with Crippen LogP contribution in [0.4, 0.5) is 24.7 Å². The van der Waals surface area contributed by atoms with Crippen molar-refractivity contribution in [1.82, 2.24) is 15.3 Å². The van der Waals surface area contributed by atoms with Gasteiger partial charge in [0.1, 0.15) is 5.82 Å². The van der Waals surface area contributed by atoms with Gasteiger partial charge in [-0.2, -0.15) is 13.2 Å². The molecule has 0 bridgehead atoms. The molecule has 2 aliphatic rings. The third-order valence-corrected chi connectivity index (χ3v) is 8.27. The van der Waals surface area contributed by atoms with Gasteiger partial charge in [0.2, 0.25) is 0 Å². The van der Waals surface area contributed by atoms with Gasteiger partial charge < -0.3 is 19.9 Å². The molecule has 2 saturated heterocycles. The van der Waals surface area contributed by atoms with Crippen LogP contribution in [0.15, 0.2) is 59.8 Å². The van der Waals surface area contributed by atoms with Crippen LogP contribution in [0.1, 0.15) is 46.9 Å². The number of thioether (sulfide) groups is 1. The van der Waals surface area contributed by atoms with Crippen LogP contribution >= 0.6 is 11.8 Å². The van der Waals surface area contributed by atoms with E-state index in [0.29, 0.717) is 54.9 Å². The standard InChI is InChI=1S/C30H34F3N5O2S/c1-2-24-18-27(38-14-12-37(13-15-38)25-6-3-5-23(17-25)30(31,32)33)36-29(35-24)41-20-21-8-10-22(11-9-21)28(39)34-19-26-7-4-16-40-26/h3,5-6,8-11,17-18,26H,2,4,7,12-16,19-20H2,1H3,(H,34,39). The summed E-state index contributed by atoms with van der Waals surface area (Å²) in [6.07, 6.45) is -1.46. The number of carbonyl (C=O) groups excluding carboxylic acids is 1. The molecule has 2 aliphatic heterocycles. The normalized spacial score (nSPS) is 17.6. The van der Waals surface area contributed by atoms with Crippen LogP contribution in [0.2, 0.25) is 0 Å². The second kappa shape index (κ2) is 13.1. The van der Waals surface area contributed by atoms with Crippen LogP contribution in [0.5, 0.6) is 0 Å². The molecule has 3 aromatic rings. The summed E-state index contributed by atoms with van der Waals surface area (Å²) in [6, 6.07) is 15.1. The lowest BCUT2D eigenvalue weighted by atomic mass is 10.1. The fraction of sp³-hybridized carbons (Fsp3) is 0.433. The highest BCUT2D eigenvalue weighted by molar-refractivity contribution is 7.98. The predicted octanol–water partition coefficient (Wildman–Crippen LogP) is 5.59. The smallest absolute Gasteiger partial charge is 0.376 e. The summed E-state index contributed by atoms with van der Waals surface area (Å²) in [5.74, 6) is 1.39. The van der Waals surface area contributed by atoms with Crippen molar-refractivity contribution >= 4 is 29.2 Å². The van der Waals surface area contributed by atoms with Crippen molar-refractivity contribution in [1.29, 1.82) is 0 Å². The minimum absolute atomic E-state index is 0.100. The van der Waals surface area contributed by atoms with Gasteiger partial charge in [-0.1, -0.05) is 36.9 Å². The van der Waals surface area contributed by atoms with Gasteiger partial charge in [-0.15, -0.1) is 0 Å². The maximum Gasteiger partial charge on any atom is 0.416 e. The molecule has 1 N–H and O–H groups in total. The monoisotopic (exact) mass is 585 g/mol. The minimum atomic E-state index is -4.36. The van der Waals surface area contributed by atoms with E-state index in [4.69, 9.17) is 14.7 Å². The number of nitrogens with zero attached hydrogens (tertiary/aromatic N) is 4. The zero-order chi connectivity index (χ0) is 28.8. The average molecular weight is 586 g/mol. The van der Waals surface area contributed by atoms with Crippen LogP contribution in [0, 0.1) is 0 Å². The van der Waals surface area contributed by atoms with E-state index in [-0.39, 0.29) is 12.0 Å². The quantitative estimate of drug-likeness (QED) is 0.260. The Labute approximate surface area is 242 Å². The van der Waals surface area contributed by atoms with E-state index in [0.717, 1.165) is 49.0 Å². The lowest BCUT2D eigenvalue weighted by Crippen LogP contribution is -2.47. The lowest BCUT2D eigenvalue weighted by molar-refractivity contribution is -0.137. The maximum atomic E-state index is 13.2. The number of aromatic nitrogens is 2. The minimum Gasteiger partial charge on any atom is -0.376 e. The van der Waals surface area contributed by atoms with Gasteiger partial charge >= 0.3 is 6.18 Å². The number of amides is 1. The Bertz CT molecular complexity index is 1320. The average Bonchev–Trinajstić information content (AvgIpc) is 3.52. The van der Waals surface area contributed by atoms with E-state index in [2.05, 4.69) is 17.1 Å². The number of carbonyl (C=O) groups is 1. The number of piperazine rings is 1. The van der Waals surface area contributed by atoms with E-state index >= 15 is 0 Å². The summed E-state index contributed by atoms with van der Waals surface area (Å²) < 4.78 is 45.1. The van der Waals surface area contributed by atoms with E-state index < -0.39 is 11.7 Å². The SMILES string of the molecule is CCc1cc(N2CCN(c3cccc(C(F)(F)F)c3)CC2)nc(SCc2ccc(C(=O)NCC3CCCO3)cc2)n1. The first kappa shape index (κ1) is 29.2. The van der Waals surface area contributed by atoms with E-state index in [1.807, 2.05) is 35.2 Å². The van der Waals surface area contributed by atoms with E-state index in [1.165, 1.54) is 12.1 Å². The first-order valence-electron chi connectivity index (χ1n) is 13.9. The molecule has 218 valence electrons. The number of ether oxygens (including phenoxy) is 1. The summed E-state index contributed by atoms with van der Waals surface area (Å²) in [4.78, 5) is 26.1. The van der Waals surface area contributed by atoms with Crippen molar-refractivity contribution in [3.8, 4) is 0 Å². The molecule has 0 radical (unpaired) electrons. The van der Waals surface area contributed by atoms with Gasteiger partial charge in [-0.25, -0.2) is 9.97 Å². The van der Waals surface area contributed by atoms with Crippen molar-refractivity contribution < 1.29 is 22.7 Å². The number of halogens is 3. The molecule has 11 heteroatoms. The predicted molar refractivity (Wildman–Crippen MR) is 155 cm³/mol. The number of nitrogens with one attached hydrogen (secondary N) is 1. The largest absolute Gasteiger partial charge is 0.416 e. The molecular formula is C30H34F3N5O2S. The number of aryl methyl sites for hydroxylation is 1. The number of anilines is 2. The summed E-state index contributed by atoms with van der Waals surface area (Å²) in [5, 5.41) is 3.63. The van der Waals surface area contributed by atoms with Gasteiger partial charge in [0.05, 0.1) is 11.7 Å². The van der Waals surface area contributed by atoms with Crippen LogP contribution in [0.25, 0.3) is 0 Å². The first-order valence-corrected chi connectivity index (χ1v) is 14.9. The van der Waals surface area contributed by atoms with Crippen LogP contribution < -0.4 is 15.1 Å². The second-order valence-electron chi connectivity index (χ2n) is 10.2. The molecule has 1 unspecified atom stereocenters. The molecule has 0 aliphatic carbocycles.